The summed E-state index contributed by atoms with van der Waals surface area (Å²) in [5.74, 6) is 0.751. The third kappa shape index (κ3) is 2.18. The first kappa shape index (κ1) is 12.5. The van der Waals surface area contributed by atoms with E-state index in [4.69, 9.17) is 4.74 Å². The average molecular weight is 265 g/mol. The predicted octanol–water partition coefficient (Wildman–Crippen LogP) is 3.50. The lowest BCUT2D eigenvalue weighted by Gasteiger charge is -2.02. The van der Waals surface area contributed by atoms with Gasteiger partial charge in [-0.25, -0.2) is 0 Å². The number of methoxy groups -OCH3 is 1. The lowest BCUT2D eigenvalue weighted by atomic mass is 10.0. The zero-order valence-corrected chi connectivity index (χ0v) is 11.4. The van der Waals surface area contributed by atoms with Crippen LogP contribution >= 0.6 is 0 Å². The Morgan fingerprint density at radius 3 is 2.55 bits per heavy atom. The Kier molecular flexibility index (Phi) is 3.03. The lowest BCUT2D eigenvalue weighted by Crippen LogP contribution is -2.03. The third-order valence-electron chi connectivity index (χ3n) is 3.38. The maximum Gasteiger partial charge on any atom is 0.256 e. The molecule has 0 spiro atoms. The summed E-state index contributed by atoms with van der Waals surface area (Å²) in [4.78, 5) is 12.1. The molecule has 100 valence electrons. The number of hydrogen-bond acceptors (Lipinski definition) is 2. The summed E-state index contributed by atoms with van der Waals surface area (Å²) in [7, 11) is 1.64. The number of ether oxygens (including phenoxy) is 1. The summed E-state index contributed by atoms with van der Waals surface area (Å²) in [6, 6.07) is 13.6. The van der Waals surface area contributed by atoms with Crippen molar-refractivity contribution in [3.8, 4) is 5.75 Å². The van der Waals surface area contributed by atoms with E-state index < -0.39 is 0 Å². The van der Waals surface area contributed by atoms with Gasteiger partial charge < -0.3 is 10.1 Å². The molecule has 0 saturated heterocycles. The molecule has 0 bridgehead atoms. The molecule has 0 aromatic heterocycles. The van der Waals surface area contributed by atoms with E-state index >= 15 is 0 Å². The highest BCUT2D eigenvalue weighted by Gasteiger charge is 2.23. The summed E-state index contributed by atoms with van der Waals surface area (Å²) in [5.41, 5.74) is 4.66. The predicted molar refractivity (Wildman–Crippen MR) is 80.7 cm³/mol. The van der Waals surface area contributed by atoms with Crippen LogP contribution in [0.4, 0.5) is 5.69 Å². The molecular formula is C17H15NO2. The van der Waals surface area contributed by atoms with Crippen LogP contribution in [-0.2, 0) is 4.79 Å². The molecule has 0 saturated carbocycles. The van der Waals surface area contributed by atoms with Gasteiger partial charge in [0.15, 0.2) is 0 Å². The van der Waals surface area contributed by atoms with Crippen molar-refractivity contribution in [1.29, 1.82) is 0 Å². The van der Waals surface area contributed by atoms with E-state index in [-0.39, 0.29) is 5.91 Å². The molecule has 0 unspecified atom stereocenters. The van der Waals surface area contributed by atoms with Crippen molar-refractivity contribution < 1.29 is 9.53 Å². The molecule has 1 aliphatic heterocycles. The van der Waals surface area contributed by atoms with E-state index in [9.17, 15) is 4.79 Å². The molecule has 1 heterocycles. The zero-order chi connectivity index (χ0) is 14.1. The Labute approximate surface area is 117 Å². The van der Waals surface area contributed by atoms with E-state index in [1.165, 1.54) is 0 Å². The Morgan fingerprint density at radius 1 is 1.10 bits per heavy atom. The second-order valence-electron chi connectivity index (χ2n) is 4.83. The van der Waals surface area contributed by atoms with Crippen molar-refractivity contribution >= 4 is 23.2 Å². The molecule has 3 rings (SSSR count). The van der Waals surface area contributed by atoms with Gasteiger partial charge >= 0.3 is 0 Å². The summed E-state index contributed by atoms with van der Waals surface area (Å²) >= 11 is 0. The minimum Gasteiger partial charge on any atom is -0.497 e. The number of fused-ring (bicyclic) bond motifs is 1. The van der Waals surface area contributed by atoms with Crippen molar-refractivity contribution in [1.82, 2.24) is 0 Å². The second kappa shape index (κ2) is 4.85. The fourth-order valence-electron chi connectivity index (χ4n) is 2.31. The topological polar surface area (TPSA) is 38.3 Å². The van der Waals surface area contributed by atoms with Gasteiger partial charge in [-0.3, -0.25) is 4.79 Å². The first-order valence-electron chi connectivity index (χ1n) is 6.45. The minimum atomic E-state index is -0.0542. The average Bonchev–Trinajstić information content (AvgIpc) is 2.76. The molecule has 0 fully saturated rings. The monoisotopic (exact) mass is 265 g/mol. The molecule has 3 heteroatoms. The van der Waals surface area contributed by atoms with Crippen molar-refractivity contribution in [2.75, 3.05) is 12.4 Å². The Morgan fingerprint density at radius 2 is 1.85 bits per heavy atom. The first-order chi connectivity index (χ1) is 9.67. The number of carbonyl (C=O) groups excluding carboxylic acids is 1. The number of aryl methyl sites for hydroxylation is 1. The van der Waals surface area contributed by atoms with Crippen LogP contribution in [0.5, 0.6) is 5.75 Å². The van der Waals surface area contributed by atoms with Crippen molar-refractivity contribution in [3.63, 3.8) is 0 Å². The Hall–Kier alpha value is -2.55. The molecule has 2 aromatic carbocycles. The third-order valence-corrected chi connectivity index (χ3v) is 3.38. The van der Waals surface area contributed by atoms with Gasteiger partial charge in [-0.2, -0.15) is 0 Å². The fourth-order valence-corrected chi connectivity index (χ4v) is 2.31. The van der Waals surface area contributed by atoms with Crippen LogP contribution in [0.25, 0.3) is 11.6 Å². The number of carbonyl (C=O) groups is 1. The molecule has 0 atom stereocenters. The van der Waals surface area contributed by atoms with Gasteiger partial charge in [-0.05, 0) is 42.8 Å². The van der Waals surface area contributed by atoms with Gasteiger partial charge in [0.25, 0.3) is 5.91 Å². The van der Waals surface area contributed by atoms with Crippen LogP contribution in [0.15, 0.2) is 42.5 Å². The number of rotatable bonds is 2. The molecule has 1 N–H and O–H groups in total. The van der Waals surface area contributed by atoms with E-state index in [1.54, 1.807) is 7.11 Å². The second-order valence-corrected chi connectivity index (χ2v) is 4.83. The van der Waals surface area contributed by atoms with Crippen LogP contribution in [0.1, 0.15) is 16.7 Å². The van der Waals surface area contributed by atoms with Crippen LogP contribution in [0.2, 0.25) is 0 Å². The van der Waals surface area contributed by atoms with E-state index in [2.05, 4.69) is 5.32 Å². The summed E-state index contributed by atoms with van der Waals surface area (Å²) < 4.78 is 5.13. The van der Waals surface area contributed by atoms with Crippen LogP contribution in [0, 0.1) is 6.92 Å². The van der Waals surface area contributed by atoms with Crippen LogP contribution in [-0.4, -0.2) is 13.0 Å². The summed E-state index contributed by atoms with van der Waals surface area (Å²) in [6.07, 6.45) is 1.90. The quantitative estimate of drug-likeness (QED) is 0.844. The maximum absolute atomic E-state index is 12.1. The molecule has 1 aliphatic rings. The molecule has 1 amide bonds. The molecule has 0 radical (unpaired) electrons. The highest BCUT2D eigenvalue weighted by Crippen LogP contribution is 2.33. The molecule has 2 aromatic rings. The van der Waals surface area contributed by atoms with E-state index in [1.807, 2.05) is 55.5 Å². The highest BCUT2D eigenvalue weighted by molar-refractivity contribution is 6.34. The number of anilines is 1. The number of benzene rings is 2. The van der Waals surface area contributed by atoms with Crippen molar-refractivity contribution in [2.45, 2.75) is 6.92 Å². The van der Waals surface area contributed by atoms with Crippen LogP contribution in [0.3, 0.4) is 0 Å². The van der Waals surface area contributed by atoms with Gasteiger partial charge in [0.2, 0.25) is 0 Å². The van der Waals surface area contributed by atoms with Gasteiger partial charge in [0, 0.05) is 16.8 Å². The summed E-state index contributed by atoms with van der Waals surface area (Å²) in [6.45, 7) is 2.02. The number of nitrogens with one attached hydrogen (secondary N) is 1. The zero-order valence-electron chi connectivity index (χ0n) is 11.4. The van der Waals surface area contributed by atoms with Gasteiger partial charge in [-0.15, -0.1) is 0 Å². The molecular weight excluding hydrogens is 250 g/mol. The SMILES string of the molecule is COc1ccc(/C=C2/C(=O)Nc3ccc(C)cc32)cc1. The normalized spacial score (nSPS) is 15.1. The van der Waals surface area contributed by atoms with Gasteiger partial charge in [0.05, 0.1) is 7.11 Å². The first-order valence-corrected chi connectivity index (χ1v) is 6.45. The number of amides is 1. The van der Waals surface area contributed by atoms with E-state index in [0.717, 1.165) is 28.1 Å². The Balaban J connectivity index is 2.03. The minimum absolute atomic E-state index is 0.0542. The molecule has 20 heavy (non-hydrogen) atoms. The fraction of sp³-hybridized carbons (Fsp3) is 0.118. The van der Waals surface area contributed by atoms with Crippen molar-refractivity contribution in [3.05, 3.63) is 59.2 Å². The summed E-state index contributed by atoms with van der Waals surface area (Å²) in [5, 5.41) is 2.89. The standard InChI is InChI=1S/C17H15NO2/c1-11-3-8-16-14(9-11)15(17(19)18-16)10-12-4-6-13(20-2)7-5-12/h3-10H,1-2H3,(H,18,19)/b15-10+. The van der Waals surface area contributed by atoms with Gasteiger partial charge in [0.1, 0.15) is 5.75 Å². The van der Waals surface area contributed by atoms with Gasteiger partial charge in [-0.1, -0.05) is 23.8 Å². The van der Waals surface area contributed by atoms with Crippen LogP contribution < -0.4 is 10.1 Å². The molecule has 3 nitrogen and oxygen atoms in total. The smallest absolute Gasteiger partial charge is 0.256 e. The highest BCUT2D eigenvalue weighted by atomic mass is 16.5. The maximum atomic E-state index is 12.1. The van der Waals surface area contributed by atoms with E-state index in [0.29, 0.717) is 5.57 Å². The van der Waals surface area contributed by atoms with Crippen molar-refractivity contribution in [2.24, 2.45) is 0 Å². The largest absolute Gasteiger partial charge is 0.497 e. The number of hydrogen-bond donors (Lipinski definition) is 1. The lowest BCUT2D eigenvalue weighted by molar-refractivity contribution is -0.110. The molecule has 0 aliphatic carbocycles. The Bertz CT molecular complexity index is 699.